The topological polar surface area (TPSA) is 106 Å². The highest BCUT2D eigenvalue weighted by Gasteiger charge is 2.38. The molecule has 2 rings (SSSR count). The summed E-state index contributed by atoms with van der Waals surface area (Å²) in [6.45, 7) is 2.32. The van der Waals surface area contributed by atoms with Crippen LogP contribution >= 0.6 is 0 Å². The van der Waals surface area contributed by atoms with Crippen molar-refractivity contribution in [3.63, 3.8) is 0 Å². The molecule has 21 heavy (non-hydrogen) atoms. The number of azide groups is 1. The minimum absolute atomic E-state index is 0.126. The Morgan fingerprint density at radius 2 is 2.29 bits per heavy atom. The third-order valence-electron chi connectivity index (χ3n) is 3.67. The van der Waals surface area contributed by atoms with Crippen LogP contribution < -0.4 is 0 Å². The summed E-state index contributed by atoms with van der Waals surface area (Å²) in [5.41, 5.74) is 9.78. The van der Waals surface area contributed by atoms with Gasteiger partial charge < -0.3 is 10.0 Å². The number of benzene rings is 1. The molecule has 0 saturated carbocycles. The number of hydrogen-bond donors (Lipinski definition) is 1. The number of rotatable bonds is 5. The van der Waals surface area contributed by atoms with Crippen LogP contribution in [0.1, 0.15) is 23.6 Å². The van der Waals surface area contributed by atoms with Gasteiger partial charge in [0.2, 0.25) is 5.91 Å². The van der Waals surface area contributed by atoms with Gasteiger partial charge in [-0.25, -0.2) is 4.79 Å². The first-order valence-corrected chi connectivity index (χ1v) is 6.63. The number of aliphatic carboxylic acids is 1. The summed E-state index contributed by atoms with van der Waals surface area (Å²) in [5, 5.41) is 13.0. The Hall–Kier alpha value is -2.53. The third kappa shape index (κ3) is 3.14. The van der Waals surface area contributed by atoms with Crippen molar-refractivity contribution in [2.24, 2.45) is 11.0 Å². The monoisotopic (exact) mass is 288 g/mol. The van der Waals surface area contributed by atoms with Crippen molar-refractivity contribution in [1.82, 2.24) is 4.90 Å². The highest BCUT2D eigenvalue weighted by Crippen LogP contribution is 2.30. The molecule has 0 radical (unpaired) electrons. The van der Waals surface area contributed by atoms with E-state index in [1.807, 2.05) is 19.1 Å². The van der Waals surface area contributed by atoms with Gasteiger partial charge in [-0.15, -0.1) is 0 Å². The summed E-state index contributed by atoms with van der Waals surface area (Å²) in [6, 6.07) is 6.14. The Labute approximate surface area is 121 Å². The summed E-state index contributed by atoms with van der Waals surface area (Å²) in [4.78, 5) is 27.8. The zero-order valence-electron chi connectivity index (χ0n) is 11.6. The maximum absolute atomic E-state index is 12.1. The lowest BCUT2D eigenvalue weighted by Crippen LogP contribution is -2.36. The molecule has 0 spiro atoms. The van der Waals surface area contributed by atoms with E-state index >= 15 is 0 Å². The van der Waals surface area contributed by atoms with Gasteiger partial charge in [0.05, 0.1) is 0 Å². The fraction of sp³-hybridized carbons (Fsp3) is 0.429. The average Bonchev–Trinajstić information content (AvgIpc) is 2.80. The predicted octanol–water partition coefficient (Wildman–Crippen LogP) is 2.28. The summed E-state index contributed by atoms with van der Waals surface area (Å²) in [7, 11) is 0. The highest BCUT2D eigenvalue weighted by molar-refractivity contribution is 5.86. The molecule has 7 heteroatoms. The maximum atomic E-state index is 12.1. The Morgan fingerprint density at radius 1 is 1.57 bits per heavy atom. The van der Waals surface area contributed by atoms with Crippen LogP contribution in [0.15, 0.2) is 29.4 Å². The number of carbonyl (C=O) groups is 2. The van der Waals surface area contributed by atoms with E-state index in [0.29, 0.717) is 12.1 Å². The van der Waals surface area contributed by atoms with Gasteiger partial charge in [0.25, 0.3) is 0 Å². The Kier molecular flexibility index (Phi) is 4.45. The quantitative estimate of drug-likeness (QED) is 0.510. The molecule has 1 aliphatic heterocycles. The van der Waals surface area contributed by atoms with Crippen molar-refractivity contribution >= 4 is 11.9 Å². The molecule has 7 nitrogen and oxygen atoms in total. The van der Waals surface area contributed by atoms with E-state index in [2.05, 4.69) is 10.0 Å². The summed E-state index contributed by atoms with van der Waals surface area (Å²) >= 11 is 0. The summed E-state index contributed by atoms with van der Waals surface area (Å²) in [5.74, 6) is -1.40. The molecule has 1 heterocycles. The number of aryl methyl sites for hydroxylation is 1. The molecule has 1 aromatic rings. The lowest BCUT2D eigenvalue weighted by Gasteiger charge is -2.26. The molecule has 1 amide bonds. The second-order valence-corrected chi connectivity index (χ2v) is 5.13. The number of hydrogen-bond acceptors (Lipinski definition) is 3. The van der Waals surface area contributed by atoms with Crippen molar-refractivity contribution in [2.45, 2.75) is 19.4 Å². The van der Waals surface area contributed by atoms with Gasteiger partial charge in [-0.1, -0.05) is 29.4 Å². The lowest BCUT2D eigenvalue weighted by atomic mass is 10.00. The zero-order valence-corrected chi connectivity index (χ0v) is 11.6. The Morgan fingerprint density at radius 3 is 2.90 bits per heavy atom. The summed E-state index contributed by atoms with van der Waals surface area (Å²) < 4.78 is 0. The van der Waals surface area contributed by atoms with E-state index in [-0.39, 0.29) is 24.8 Å². The molecule has 1 saturated heterocycles. The molecule has 0 aliphatic carbocycles. The van der Waals surface area contributed by atoms with Crippen molar-refractivity contribution in [3.8, 4) is 0 Å². The highest BCUT2D eigenvalue weighted by atomic mass is 16.4. The number of carboxylic acid groups (broad SMARTS) is 1. The van der Waals surface area contributed by atoms with Crippen LogP contribution in [0, 0.1) is 12.8 Å². The smallest absolute Gasteiger partial charge is 0.331 e. The molecular weight excluding hydrogens is 272 g/mol. The van der Waals surface area contributed by atoms with E-state index in [4.69, 9.17) is 5.53 Å². The number of carboxylic acids is 1. The predicted molar refractivity (Wildman–Crippen MR) is 75.4 cm³/mol. The molecule has 1 aromatic carbocycles. The SMILES string of the molecule is Cc1ccccc1C(C(=O)O)N1CC(CN=[N+]=[N-])CC1=O. The van der Waals surface area contributed by atoms with E-state index in [0.717, 1.165) is 5.56 Å². The van der Waals surface area contributed by atoms with Crippen molar-refractivity contribution in [1.29, 1.82) is 0 Å². The van der Waals surface area contributed by atoms with E-state index < -0.39 is 12.0 Å². The number of carbonyl (C=O) groups excluding carboxylic acids is 1. The summed E-state index contributed by atoms with van der Waals surface area (Å²) in [6.07, 6.45) is 0.217. The van der Waals surface area contributed by atoms with Crippen molar-refractivity contribution in [2.75, 3.05) is 13.1 Å². The Balaban J connectivity index is 2.28. The van der Waals surface area contributed by atoms with E-state index in [9.17, 15) is 14.7 Å². The standard InChI is InChI=1S/C14H16N4O3/c1-9-4-2-3-5-11(9)13(14(20)21)18-8-10(6-12(18)19)7-16-17-15/h2-5,10,13H,6-8H2,1H3,(H,20,21). The molecule has 2 unspecified atom stereocenters. The van der Waals surface area contributed by atoms with Crippen LogP contribution in [-0.2, 0) is 9.59 Å². The van der Waals surface area contributed by atoms with Gasteiger partial charge in [-0.2, -0.15) is 0 Å². The van der Waals surface area contributed by atoms with Crippen LogP contribution in [0.2, 0.25) is 0 Å². The van der Waals surface area contributed by atoms with Crippen LogP contribution in [0.25, 0.3) is 10.4 Å². The van der Waals surface area contributed by atoms with Crippen LogP contribution in [-0.4, -0.2) is 35.0 Å². The molecule has 0 bridgehead atoms. The molecule has 110 valence electrons. The maximum Gasteiger partial charge on any atom is 0.331 e. The van der Waals surface area contributed by atoms with Crippen LogP contribution in [0.3, 0.4) is 0 Å². The minimum Gasteiger partial charge on any atom is -0.479 e. The van der Waals surface area contributed by atoms with Crippen LogP contribution in [0.4, 0.5) is 0 Å². The lowest BCUT2D eigenvalue weighted by molar-refractivity contribution is -0.148. The van der Waals surface area contributed by atoms with Gasteiger partial charge in [-0.3, -0.25) is 4.79 Å². The largest absolute Gasteiger partial charge is 0.479 e. The van der Waals surface area contributed by atoms with Gasteiger partial charge >= 0.3 is 5.97 Å². The number of nitrogens with zero attached hydrogens (tertiary/aromatic N) is 4. The van der Waals surface area contributed by atoms with Gasteiger partial charge in [0, 0.05) is 24.4 Å². The molecule has 1 N–H and O–H groups in total. The first-order valence-electron chi connectivity index (χ1n) is 6.63. The first kappa shape index (κ1) is 14.9. The first-order chi connectivity index (χ1) is 10.0. The van der Waals surface area contributed by atoms with Gasteiger partial charge in [0.1, 0.15) is 0 Å². The second kappa shape index (κ2) is 6.28. The molecule has 1 fully saturated rings. The zero-order chi connectivity index (χ0) is 15.4. The van der Waals surface area contributed by atoms with Crippen molar-refractivity contribution < 1.29 is 14.7 Å². The number of amides is 1. The average molecular weight is 288 g/mol. The molecule has 1 aliphatic rings. The van der Waals surface area contributed by atoms with Crippen molar-refractivity contribution in [3.05, 3.63) is 45.8 Å². The third-order valence-corrected chi connectivity index (χ3v) is 3.67. The second-order valence-electron chi connectivity index (χ2n) is 5.13. The van der Waals surface area contributed by atoms with Gasteiger partial charge in [-0.05, 0) is 29.5 Å². The number of likely N-dealkylation sites (tertiary alicyclic amines) is 1. The van der Waals surface area contributed by atoms with Gasteiger partial charge in [0.15, 0.2) is 6.04 Å². The Bertz CT molecular complexity index is 610. The molecule has 0 aromatic heterocycles. The van der Waals surface area contributed by atoms with E-state index in [1.54, 1.807) is 12.1 Å². The minimum atomic E-state index is -1.05. The molecule has 2 atom stereocenters. The van der Waals surface area contributed by atoms with E-state index in [1.165, 1.54) is 4.90 Å². The fourth-order valence-electron chi connectivity index (χ4n) is 2.66. The normalized spacial score (nSPS) is 19.2. The van der Waals surface area contributed by atoms with Crippen LogP contribution in [0.5, 0.6) is 0 Å². The molecular formula is C14H16N4O3. The fourth-order valence-corrected chi connectivity index (χ4v) is 2.66.